The third-order valence-electron chi connectivity index (χ3n) is 1.70. The van der Waals surface area contributed by atoms with Crippen molar-refractivity contribution < 1.29 is 0 Å². The lowest BCUT2D eigenvalue weighted by atomic mass is 10.3. The Bertz CT molecular complexity index is 460. The molecule has 0 aliphatic rings. The molecule has 2 aromatic rings. The Morgan fingerprint density at radius 1 is 1.47 bits per heavy atom. The molecule has 78 valence electrons. The molecule has 0 fully saturated rings. The van der Waals surface area contributed by atoms with Crippen LogP contribution in [0, 0.1) is 0 Å². The zero-order valence-corrected chi connectivity index (χ0v) is 10.7. The second kappa shape index (κ2) is 4.92. The fourth-order valence-corrected chi connectivity index (χ4v) is 2.42. The van der Waals surface area contributed by atoms with Gasteiger partial charge in [-0.15, -0.1) is 11.3 Å². The van der Waals surface area contributed by atoms with Gasteiger partial charge in [-0.3, -0.25) is 4.98 Å². The van der Waals surface area contributed by atoms with E-state index in [1.807, 2.05) is 0 Å². The highest BCUT2D eigenvalue weighted by Crippen LogP contribution is 2.21. The van der Waals surface area contributed by atoms with Crippen molar-refractivity contribution in [3.63, 3.8) is 0 Å². The molecular weight excluding hydrogens is 298 g/mol. The van der Waals surface area contributed by atoms with E-state index in [1.54, 1.807) is 17.5 Å². The number of nitrogens with zero attached hydrogens (tertiary/aromatic N) is 2. The SMILES string of the molecule is Clc1cncc(NCc2csc(Br)c2)n1. The van der Waals surface area contributed by atoms with Gasteiger partial charge in [-0.05, 0) is 32.9 Å². The summed E-state index contributed by atoms with van der Waals surface area (Å²) >= 11 is 10.8. The lowest BCUT2D eigenvalue weighted by molar-refractivity contribution is 1.09. The summed E-state index contributed by atoms with van der Waals surface area (Å²) in [5, 5.41) is 5.62. The van der Waals surface area contributed by atoms with Crippen LogP contribution in [0.4, 0.5) is 5.82 Å². The second-order valence-corrected chi connectivity index (χ2v) is 5.52. The van der Waals surface area contributed by atoms with Crippen LogP contribution >= 0.6 is 38.9 Å². The van der Waals surface area contributed by atoms with Crippen LogP contribution in [0.3, 0.4) is 0 Å². The van der Waals surface area contributed by atoms with Crippen molar-refractivity contribution in [2.24, 2.45) is 0 Å². The summed E-state index contributed by atoms with van der Waals surface area (Å²) < 4.78 is 1.12. The van der Waals surface area contributed by atoms with Crippen LogP contribution < -0.4 is 5.32 Å². The monoisotopic (exact) mass is 303 g/mol. The van der Waals surface area contributed by atoms with E-state index in [1.165, 1.54) is 11.8 Å². The Morgan fingerprint density at radius 3 is 3.00 bits per heavy atom. The van der Waals surface area contributed by atoms with E-state index in [0.717, 1.165) is 10.3 Å². The molecule has 2 aromatic heterocycles. The molecule has 1 N–H and O–H groups in total. The van der Waals surface area contributed by atoms with Crippen LogP contribution in [0.5, 0.6) is 0 Å². The van der Waals surface area contributed by atoms with Gasteiger partial charge in [0.05, 0.1) is 16.2 Å². The predicted molar refractivity (Wildman–Crippen MR) is 66.4 cm³/mol. The van der Waals surface area contributed by atoms with Crippen LogP contribution in [-0.4, -0.2) is 9.97 Å². The van der Waals surface area contributed by atoms with Gasteiger partial charge in [0, 0.05) is 6.54 Å². The normalized spacial score (nSPS) is 10.3. The maximum atomic E-state index is 5.71. The summed E-state index contributed by atoms with van der Waals surface area (Å²) in [6.45, 7) is 0.719. The highest BCUT2D eigenvalue weighted by atomic mass is 79.9. The average Bonchev–Trinajstić information content (AvgIpc) is 2.62. The van der Waals surface area contributed by atoms with Gasteiger partial charge in [0.2, 0.25) is 0 Å². The Labute approximate surface area is 105 Å². The van der Waals surface area contributed by atoms with Crippen LogP contribution in [-0.2, 0) is 6.54 Å². The van der Waals surface area contributed by atoms with Crippen molar-refractivity contribution in [3.8, 4) is 0 Å². The minimum absolute atomic E-state index is 0.395. The van der Waals surface area contributed by atoms with Crippen LogP contribution in [0.25, 0.3) is 0 Å². The highest BCUT2D eigenvalue weighted by molar-refractivity contribution is 9.11. The molecule has 0 saturated heterocycles. The van der Waals surface area contributed by atoms with Crippen molar-refractivity contribution in [3.05, 3.63) is 38.3 Å². The van der Waals surface area contributed by atoms with Gasteiger partial charge >= 0.3 is 0 Å². The average molecular weight is 305 g/mol. The molecule has 0 aliphatic carbocycles. The Morgan fingerprint density at radius 2 is 2.33 bits per heavy atom. The summed E-state index contributed by atoms with van der Waals surface area (Å²) in [6, 6.07) is 2.07. The van der Waals surface area contributed by atoms with Gasteiger partial charge in [0.15, 0.2) is 0 Å². The molecule has 0 radical (unpaired) electrons. The minimum Gasteiger partial charge on any atom is -0.365 e. The Hall–Kier alpha value is -0.650. The Kier molecular flexibility index (Phi) is 3.56. The first-order chi connectivity index (χ1) is 7.24. The largest absolute Gasteiger partial charge is 0.365 e. The van der Waals surface area contributed by atoms with E-state index in [-0.39, 0.29) is 0 Å². The predicted octanol–water partition coefficient (Wildman–Crippen LogP) is 3.57. The van der Waals surface area contributed by atoms with E-state index in [0.29, 0.717) is 11.0 Å². The minimum atomic E-state index is 0.395. The van der Waals surface area contributed by atoms with Crippen molar-refractivity contribution in [1.82, 2.24) is 9.97 Å². The second-order valence-electron chi connectivity index (χ2n) is 2.84. The summed E-state index contributed by atoms with van der Waals surface area (Å²) in [4.78, 5) is 8.02. The van der Waals surface area contributed by atoms with Gasteiger partial charge in [-0.2, -0.15) is 0 Å². The van der Waals surface area contributed by atoms with Crippen molar-refractivity contribution >= 4 is 44.7 Å². The molecule has 0 unspecified atom stereocenters. The van der Waals surface area contributed by atoms with Gasteiger partial charge in [-0.1, -0.05) is 11.6 Å². The molecular formula is C9H7BrClN3S. The molecule has 0 atom stereocenters. The molecule has 2 heterocycles. The number of rotatable bonds is 3. The van der Waals surface area contributed by atoms with E-state index < -0.39 is 0 Å². The van der Waals surface area contributed by atoms with Crippen molar-refractivity contribution in [1.29, 1.82) is 0 Å². The first-order valence-corrected chi connectivity index (χ1v) is 6.23. The maximum absolute atomic E-state index is 5.71. The quantitative estimate of drug-likeness (QED) is 0.942. The fourth-order valence-electron chi connectivity index (χ4n) is 1.06. The number of hydrogen-bond donors (Lipinski definition) is 1. The molecule has 0 saturated carbocycles. The van der Waals surface area contributed by atoms with Gasteiger partial charge in [0.1, 0.15) is 11.0 Å². The molecule has 6 heteroatoms. The summed E-state index contributed by atoms with van der Waals surface area (Å²) in [6.07, 6.45) is 3.15. The molecule has 15 heavy (non-hydrogen) atoms. The summed E-state index contributed by atoms with van der Waals surface area (Å²) in [7, 11) is 0. The summed E-state index contributed by atoms with van der Waals surface area (Å²) in [5.74, 6) is 0.685. The zero-order chi connectivity index (χ0) is 10.7. The number of hydrogen-bond acceptors (Lipinski definition) is 4. The van der Waals surface area contributed by atoms with E-state index in [2.05, 4.69) is 42.7 Å². The molecule has 0 spiro atoms. The Balaban J connectivity index is 1.99. The molecule has 0 aromatic carbocycles. The topological polar surface area (TPSA) is 37.8 Å². The lowest BCUT2D eigenvalue weighted by Gasteiger charge is -2.02. The molecule has 3 nitrogen and oxygen atoms in total. The fraction of sp³-hybridized carbons (Fsp3) is 0.111. The third-order valence-corrected chi connectivity index (χ3v) is 3.44. The lowest BCUT2D eigenvalue weighted by Crippen LogP contribution is -2.00. The van der Waals surface area contributed by atoms with Crippen LogP contribution in [0.2, 0.25) is 5.15 Å². The van der Waals surface area contributed by atoms with Crippen molar-refractivity contribution in [2.45, 2.75) is 6.54 Å². The van der Waals surface area contributed by atoms with Crippen LogP contribution in [0.1, 0.15) is 5.56 Å². The number of anilines is 1. The van der Waals surface area contributed by atoms with Gasteiger partial charge in [-0.25, -0.2) is 4.98 Å². The highest BCUT2D eigenvalue weighted by Gasteiger charge is 1.99. The van der Waals surface area contributed by atoms with Gasteiger partial charge < -0.3 is 5.32 Å². The number of halogens is 2. The van der Waals surface area contributed by atoms with Crippen molar-refractivity contribution in [2.75, 3.05) is 5.32 Å². The van der Waals surface area contributed by atoms with E-state index in [9.17, 15) is 0 Å². The number of aromatic nitrogens is 2. The van der Waals surface area contributed by atoms with Crippen LogP contribution in [0.15, 0.2) is 27.6 Å². The number of thiophene rings is 1. The maximum Gasteiger partial charge on any atom is 0.149 e. The molecule has 0 bridgehead atoms. The first-order valence-electron chi connectivity index (χ1n) is 4.18. The third kappa shape index (κ3) is 3.15. The van der Waals surface area contributed by atoms with Gasteiger partial charge in [0.25, 0.3) is 0 Å². The van der Waals surface area contributed by atoms with E-state index >= 15 is 0 Å². The smallest absolute Gasteiger partial charge is 0.149 e. The standard InChI is InChI=1S/C9H7BrClN3S/c10-7-1-6(5-15-7)2-13-9-4-12-3-8(11)14-9/h1,3-5H,2H2,(H,13,14). The summed E-state index contributed by atoms with van der Waals surface area (Å²) in [5.41, 5.74) is 1.20. The number of nitrogens with one attached hydrogen (secondary N) is 1. The first kappa shape index (κ1) is 10.9. The molecule has 0 aliphatic heterocycles. The molecule has 2 rings (SSSR count). The van der Waals surface area contributed by atoms with E-state index in [4.69, 9.17) is 11.6 Å². The zero-order valence-electron chi connectivity index (χ0n) is 7.58. The molecule has 0 amide bonds.